The second-order valence-electron chi connectivity index (χ2n) is 4.85. The number of methoxy groups -OCH3 is 1. The molecule has 1 N–H and O–H groups in total. The first-order valence-corrected chi connectivity index (χ1v) is 7.54. The van der Waals surface area contributed by atoms with Crippen molar-refractivity contribution in [3.63, 3.8) is 0 Å². The molecule has 0 aliphatic carbocycles. The van der Waals surface area contributed by atoms with Gasteiger partial charge in [0.1, 0.15) is 11.9 Å². The molecule has 116 valence electrons. The summed E-state index contributed by atoms with van der Waals surface area (Å²) in [5.74, 6) is 0.548. The summed E-state index contributed by atoms with van der Waals surface area (Å²) < 4.78 is 22.7. The summed E-state index contributed by atoms with van der Waals surface area (Å²) in [7, 11) is 1.44. The first kappa shape index (κ1) is 14.7. The Balaban J connectivity index is 1.58. The van der Waals surface area contributed by atoms with Crippen molar-refractivity contribution in [3.05, 3.63) is 35.4 Å². The fourth-order valence-corrected chi connectivity index (χ4v) is 2.70. The second kappa shape index (κ2) is 6.27. The Bertz CT molecular complexity index is 704. The minimum absolute atomic E-state index is 0.107. The number of hydrogen-bond acceptors (Lipinski definition) is 7. The molecule has 1 aliphatic rings. The van der Waals surface area contributed by atoms with Crippen molar-refractivity contribution in [1.82, 2.24) is 9.36 Å². The lowest BCUT2D eigenvalue weighted by Crippen LogP contribution is -2.20. The van der Waals surface area contributed by atoms with Gasteiger partial charge in [0, 0.05) is 23.5 Å². The molecule has 1 aliphatic heterocycles. The van der Waals surface area contributed by atoms with Crippen LogP contribution >= 0.6 is 11.5 Å². The molecule has 1 atom stereocenters. The molecule has 2 heterocycles. The number of oxime groups is 1. The summed E-state index contributed by atoms with van der Waals surface area (Å²) in [6.45, 7) is 2.41. The summed E-state index contributed by atoms with van der Waals surface area (Å²) in [6, 6.07) is 4.77. The maximum atomic E-state index is 13.7. The van der Waals surface area contributed by atoms with E-state index in [0.29, 0.717) is 18.5 Å². The van der Waals surface area contributed by atoms with Gasteiger partial charge in [-0.15, -0.1) is 0 Å². The fourth-order valence-electron chi connectivity index (χ4n) is 2.12. The van der Waals surface area contributed by atoms with Gasteiger partial charge in [-0.25, -0.2) is 9.37 Å². The van der Waals surface area contributed by atoms with E-state index in [0.717, 1.165) is 16.7 Å². The smallest absolute Gasteiger partial charge is 0.202 e. The molecule has 3 rings (SSSR count). The number of aryl methyl sites for hydroxylation is 1. The van der Waals surface area contributed by atoms with Gasteiger partial charge >= 0.3 is 0 Å². The van der Waals surface area contributed by atoms with Crippen molar-refractivity contribution in [3.8, 4) is 5.75 Å². The average molecular weight is 322 g/mol. The van der Waals surface area contributed by atoms with Gasteiger partial charge in [0.2, 0.25) is 5.13 Å². The van der Waals surface area contributed by atoms with E-state index >= 15 is 0 Å². The lowest BCUT2D eigenvalue weighted by atomic mass is 10.0. The van der Waals surface area contributed by atoms with Crippen LogP contribution in [0.2, 0.25) is 0 Å². The van der Waals surface area contributed by atoms with Gasteiger partial charge in [-0.2, -0.15) is 4.37 Å². The summed E-state index contributed by atoms with van der Waals surface area (Å²) in [5.41, 5.74) is 1.43. The van der Waals surface area contributed by atoms with Crippen molar-refractivity contribution in [1.29, 1.82) is 0 Å². The highest BCUT2D eigenvalue weighted by Gasteiger charge is 2.23. The number of nitrogens with one attached hydrogen (secondary N) is 1. The Morgan fingerprint density at radius 2 is 2.36 bits per heavy atom. The molecule has 1 aromatic heterocycles. The van der Waals surface area contributed by atoms with E-state index in [-0.39, 0.29) is 11.9 Å². The minimum Gasteiger partial charge on any atom is -0.494 e. The molecule has 0 fully saturated rings. The Labute approximate surface area is 131 Å². The third-order valence-electron chi connectivity index (χ3n) is 3.23. The van der Waals surface area contributed by atoms with Crippen LogP contribution in [-0.4, -0.2) is 34.8 Å². The fraction of sp³-hybridized carbons (Fsp3) is 0.357. The van der Waals surface area contributed by atoms with Crippen molar-refractivity contribution in [2.45, 2.75) is 19.4 Å². The molecule has 6 nitrogen and oxygen atoms in total. The van der Waals surface area contributed by atoms with E-state index in [9.17, 15) is 4.39 Å². The summed E-state index contributed by atoms with van der Waals surface area (Å²) >= 11 is 1.31. The molecular formula is C14H15FN4O2S. The molecule has 0 radical (unpaired) electrons. The van der Waals surface area contributed by atoms with Gasteiger partial charge in [0.05, 0.1) is 19.4 Å². The normalized spacial score (nSPS) is 17.0. The Morgan fingerprint density at radius 3 is 3.05 bits per heavy atom. The predicted octanol–water partition coefficient (Wildman–Crippen LogP) is 2.60. The van der Waals surface area contributed by atoms with Crippen molar-refractivity contribution in [2.24, 2.45) is 5.16 Å². The molecule has 8 heteroatoms. The molecule has 22 heavy (non-hydrogen) atoms. The Hall–Kier alpha value is -2.22. The molecule has 2 aromatic rings. The molecule has 0 bridgehead atoms. The van der Waals surface area contributed by atoms with Crippen LogP contribution in [0, 0.1) is 12.7 Å². The highest BCUT2D eigenvalue weighted by molar-refractivity contribution is 7.09. The van der Waals surface area contributed by atoms with Crippen molar-refractivity contribution >= 4 is 22.4 Å². The highest BCUT2D eigenvalue weighted by atomic mass is 32.1. The average Bonchev–Trinajstić information content (AvgIpc) is 3.14. The topological polar surface area (TPSA) is 68.6 Å². The van der Waals surface area contributed by atoms with E-state index < -0.39 is 5.82 Å². The first-order chi connectivity index (χ1) is 10.7. The molecule has 0 spiro atoms. The molecular weight excluding hydrogens is 307 g/mol. The van der Waals surface area contributed by atoms with Gasteiger partial charge in [0.15, 0.2) is 11.6 Å². The van der Waals surface area contributed by atoms with Gasteiger partial charge in [-0.3, -0.25) is 0 Å². The maximum absolute atomic E-state index is 13.7. The van der Waals surface area contributed by atoms with Gasteiger partial charge in [0.25, 0.3) is 0 Å². The van der Waals surface area contributed by atoms with Crippen LogP contribution in [-0.2, 0) is 4.84 Å². The van der Waals surface area contributed by atoms with Crippen LogP contribution in [0.4, 0.5) is 9.52 Å². The maximum Gasteiger partial charge on any atom is 0.202 e. The first-order valence-electron chi connectivity index (χ1n) is 6.76. The monoisotopic (exact) mass is 322 g/mol. The molecule has 0 saturated heterocycles. The zero-order valence-corrected chi connectivity index (χ0v) is 13.0. The number of rotatable bonds is 5. The second-order valence-corrected chi connectivity index (χ2v) is 5.60. The number of benzene rings is 1. The van der Waals surface area contributed by atoms with E-state index in [1.54, 1.807) is 12.1 Å². The summed E-state index contributed by atoms with van der Waals surface area (Å²) in [6.07, 6.45) is 0.501. The quantitative estimate of drug-likeness (QED) is 0.916. The number of ether oxygens (including phenoxy) is 1. The Kier molecular flexibility index (Phi) is 4.19. The van der Waals surface area contributed by atoms with Crippen LogP contribution in [0.3, 0.4) is 0 Å². The van der Waals surface area contributed by atoms with Crippen LogP contribution in [0.15, 0.2) is 23.4 Å². The number of hydrogen-bond donors (Lipinski definition) is 1. The standard InChI is InChI=1S/C14H15FN4O2S/c1-8-17-14(22-19-8)16-7-10-6-12(18-21-10)9-3-4-13(20-2)11(15)5-9/h3-5,10H,6-7H2,1-2H3,(H,16,17,19)/t10-/m0/s1. The lowest BCUT2D eigenvalue weighted by Gasteiger charge is -2.08. The van der Waals surface area contributed by atoms with Gasteiger partial charge in [-0.05, 0) is 25.1 Å². The van der Waals surface area contributed by atoms with Crippen LogP contribution in [0.5, 0.6) is 5.75 Å². The Morgan fingerprint density at radius 1 is 1.50 bits per heavy atom. The number of anilines is 1. The van der Waals surface area contributed by atoms with Crippen LogP contribution < -0.4 is 10.1 Å². The molecule has 1 aromatic carbocycles. The SMILES string of the molecule is COc1ccc(C2=NO[C@H](CNc3nc(C)ns3)C2)cc1F. The zero-order valence-electron chi connectivity index (χ0n) is 12.2. The molecule has 0 amide bonds. The molecule has 0 unspecified atom stereocenters. The van der Waals surface area contributed by atoms with Gasteiger partial charge < -0.3 is 14.9 Å². The molecule has 0 saturated carbocycles. The van der Waals surface area contributed by atoms with E-state index in [1.807, 2.05) is 6.92 Å². The lowest BCUT2D eigenvalue weighted by molar-refractivity contribution is 0.0949. The third kappa shape index (κ3) is 3.16. The van der Waals surface area contributed by atoms with Crippen molar-refractivity contribution in [2.75, 3.05) is 19.0 Å². The predicted molar refractivity (Wildman–Crippen MR) is 82.1 cm³/mol. The minimum atomic E-state index is -0.409. The van der Waals surface area contributed by atoms with E-state index in [2.05, 4.69) is 19.8 Å². The summed E-state index contributed by atoms with van der Waals surface area (Å²) in [5, 5.41) is 7.95. The third-order valence-corrected chi connectivity index (χ3v) is 3.99. The number of halogens is 1. The zero-order chi connectivity index (χ0) is 15.5. The van der Waals surface area contributed by atoms with Gasteiger partial charge in [-0.1, -0.05) is 5.16 Å². The highest BCUT2D eigenvalue weighted by Crippen LogP contribution is 2.22. The number of aromatic nitrogens is 2. The van der Waals surface area contributed by atoms with Crippen LogP contribution in [0.1, 0.15) is 17.8 Å². The van der Waals surface area contributed by atoms with E-state index in [1.165, 1.54) is 24.7 Å². The van der Waals surface area contributed by atoms with Crippen LogP contribution in [0.25, 0.3) is 0 Å². The van der Waals surface area contributed by atoms with Crippen molar-refractivity contribution < 1.29 is 14.0 Å². The summed E-state index contributed by atoms with van der Waals surface area (Å²) in [4.78, 5) is 9.59. The largest absolute Gasteiger partial charge is 0.494 e. The van der Waals surface area contributed by atoms with E-state index in [4.69, 9.17) is 9.57 Å². The number of nitrogens with zero attached hydrogens (tertiary/aromatic N) is 3.